The van der Waals surface area contributed by atoms with E-state index in [9.17, 15) is 0 Å². The number of hydroxylamine groups is 2. The molecule has 0 spiro atoms. The summed E-state index contributed by atoms with van der Waals surface area (Å²) in [7, 11) is 0. The number of rotatable bonds is 2. The molecule has 3 heteroatoms. The fraction of sp³-hybridized carbons (Fsp3) is 1.00. The zero-order valence-corrected chi connectivity index (χ0v) is 8.40. The van der Waals surface area contributed by atoms with E-state index in [4.69, 9.17) is 5.21 Å². The van der Waals surface area contributed by atoms with Crippen LogP contribution in [0.25, 0.3) is 0 Å². The van der Waals surface area contributed by atoms with Crippen LogP contribution in [0.3, 0.4) is 0 Å². The number of hydrogen-bond donors (Lipinski definition) is 1. The van der Waals surface area contributed by atoms with Gasteiger partial charge in [0.15, 0.2) is 0 Å². The summed E-state index contributed by atoms with van der Waals surface area (Å²) < 4.78 is 0. The Balaban J connectivity index is 0. The summed E-state index contributed by atoms with van der Waals surface area (Å²) in [5.74, 6) is 0. The van der Waals surface area contributed by atoms with Gasteiger partial charge in [0, 0.05) is 38.9 Å². The molecule has 0 aliphatic heterocycles. The van der Waals surface area contributed by atoms with Crippen LogP contribution in [0.15, 0.2) is 0 Å². The van der Waals surface area contributed by atoms with Gasteiger partial charge in [0.25, 0.3) is 0 Å². The van der Waals surface area contributed by atoms with Gasteiger partial charge in [0.1, 0.15) is 0 Å². The first-order valence-corrected chi connectivity index (χ1v) is 2.25. The molecule has 0 atom stereocenters. The van der Waals surface area contributed by atoms with Crippen LogP contribution in [0.2, 0.25) is 0 Å². The van der Waals surface area contributed by atoms with Gasteiger partial charge in [-0.3, -0.25) is 0 Å². The van der Waals surface area contributed by atoms with E-state index in [1.54, 1.807) is 0 Å². The molecule has 0 saturated heterocycles. The van der Waals surface area contributed by atoms with Crippen molar-refractivity contribution in [2.24, 2.45) is 0 Å². The molecule has 0 aromatic carbocycles. The summed E-state index contributed by atoms with van der Waals surface area (Å²) in [4.78, 5) is 0. The Morgan fingerprint density at radius 3 is 1.57 bits per heavy atom. The SMILES string of the molecule is CCN(O)CC.[Hf]. The van der Waals surface area contributed by atoms with Crippen LogP contribution >= 0.6 is 0 Å². The van der Waals surface area contributed by atoms with E-state index in [0.717, 1.165) is 13.1 Å². The maximum absolute atomic E-state index is 8.50. The molecule has 1 N–H and O–H groups in total. The Morgan fingerprint density at radius 1 is 1.29 bits per heavy atom. The normalized spacial score (nSPS) is 8.57. The van der Waals surface area contributed by atoms with E-state index in [1.807, 2.05) is 13.8 Å². The molecule has 0 aliphatic rings. The van der Waals surface area contributed by atoms with Crippen LogP contribution in [-0.2, 0) is 25.8 Å². The summed E-state index contributed by atoms with van der Waals surface area (Å²) in [5, 5.41) is 9.75. The van der Waals surface area contributed by atoms with Crippen LogP contribution in [0, 0.1) is 0 Å². The third-order valence-corrected chi connectivity index (χ3v) is 0.730. The fourth-order valence-electron chi connectivity index (χ4n) is 0.224. The molecule has 0 saturated carbocycles. The smallest absolute Gasteiger partial charge is 0.0209 e. The van der Waals surface area contributed by atoms with Gasteiger partial charge >= 0.3 is 0 Å². The van der Waals surface area contributed by atoms with Gasteiger partial charge in [-0.15, -0.1) is 0 Å². The molecule has 0 aromatic heterocycles. The van der Waals surface area contributed by atoms with E-state index in [-0.39, 0.29) is 25.8 Å². The molecular weight excluding hydrogens is 257 g/mol. The molecule has 0 rings (SSSR count). The summed E-state index contributed by atoms with van der Waals surface area (Å²) in [6, 6.07) is 0. The third kappa shape index (κ3) is 6.79. The summed E-state index contributed by atoms with van der Waals surface area (Å²) >= 11 is 0. The minimum absolute atomic E-state index is 0. The van der Waals surface area contributed by atoms with Crippen molar-refractivity contribution in [2.75, 3.05) is 13.1 Å². The van der Waals surface area contributed by atoms with Crippen molar-refractivity contribution < 1.29 is 31.1 Å². The van der Waals surface area contributed by atoms with Crippen molar-refractivity contribution in [1.82, 2.24) is 5.06 Å². The van der Waals surface area contributed by atoms with E-state index < -0.39 is 0 Å². The standard InChI is InChI=1S/C4H11NO.Hf/c1-3-5(6)4-2;/h6H,3-4H2,1-2H3;. The van der Waals surface area contributed by atoms with Gasteiger partial charge in [0.05, 0.1) is 0 Å². The number of hydrogen-bond acceptors (Lipinski definition) is 2. The first-order valence-electron chi connectivity index (χ1n) is 2.25. The van der Waals surface area contributed by atoms with Crippen molar-refractivity contribution in [2.45, 2.75) is 13.8 Å². The van der Waals surface area contributed by atoms with Crippen molar-refractivity contribution in [3.63, 3.8) is 0 Å². The monoisotopic (exact) mass is 269 g/mol. The Morgan fingerprint density at radius 2 is 1.57 bits per heavy atom. The maximum atomic E-state index is 8.50. The minimum atomic E-state index is 0. The van der Waals surface area contributed by atoms with E-state index in [0.29, 0.717) is 0 Å². The van der Waals surface area contributed by atoms with Crippen LogP contribution in [0.5, 0.6) is 0 Å². The van der Waals surface area contributed by atoms with Crippen molar-refractivity contribution >= 4 is 0 Å². The predicted molar refractivity (Wildman–Crippen MR) is 24.7 cm³/mol. The zero-order chi connectivity index (χ0) is 4.99. The second-order valence-corrected chi connectivity index (χ2v) is 1.14. The van der Waals surface area contributed by atoms with Gasteiger partial charge in [-0.1, -0.05) is 13.8 Å². The van der Waals surface area contributed by atoms with Gasteiger partial charge in [-0.2, -0.15) is 5.06 Å². The second kappa shape index (κ2) is 6.79. The molecule has 0 aliphatic carbocycles. The fourth-order valence-corrected chi connectivity index (χ4v) is 0.224. The molecule has 0 amide bonds. The summed E-state index contributed by atoms with van der Waals surface area (Å²) in [6.07, 6.45) is 0. The largest absolute Gasteiger partial charge is 0.314 e. The predicted octanol–water partition coefficient (Wildman–Crippen LogP) is 0.715. The van der Waals surface area contributed by atoms with Crippen molar-refractivity contribution in [3.05, 3.63) is 0 Å². The first kappa shape index (κ1) is 10.7. The van der Waals surface area contributed by atoms with Crippen LogP contribution in [-0.4, -0.2) is 23.4 Å². The van der Waals surface area contributed by atoms with E-state index >= 15 is 0 Å². The quantitative estimate of drug-likeness (QED) is 0.589. The second-order valence-electron chi connectivity index (χ2n) is 1.14. The molecule has 2 nitrogen and oxygen atoms in total. The van der Waals surface area contributed by atoms with Gasteiger partial charge in [0.2, 0.25) is 0 Å². The molecule has 42 valence electrons. The molecule has 0 unspecified atom stereocenters. The first-order chi connectivity index (χ1) is 2.81. The molecule has 0 radical (unpaired) electrons. The van der Waals surface area contributed by atoms with Crippen LogP contribution in [0.1, 0.15) is 13.8 Å². The molecule has 0 fully saturated rings. The Bertz CT molecular complexity index is 30.9. The van der Waals surface area contributed by atoms with Crippen molar-refractivity contribution in [3.8, 4) is 0 Å². The summed E-state index contributed by atoms with van der Waals surface area (Å²) in [5.41, 5.74) is 0. The third-order valence-electron chi connectivity index (χ3n) is 0.730. The average Bonchev–Trinajstić information content (AvgIpc) is 1.65. The Hall–Kier alpha value is 0.790. The topological polar surface area (TPSA) is 23.5 Å². The molecule has 0 heterocycles. The molecule has 0 aromatic rings. The molecule has 0 bridgehead atoms. The summed E-state index contributed by atoms with van der Waals surface area (Å²) in [6.45, 7) is 5.25. The van der Waals surface area contributed by atoms with Crippen LogP contribution < -0.4 is 0 Å². The van der Waals surface area contributed by atoms with Crippen LogP contribution in [0.4, 0.5) is 0 Å². The van der Waals surface area contributed by atoms with Crippen molar-refractivity contribution in [1.29, 1.82) is 0 Å². The van der Waals surface area contributed by atoms with Gasteiger partial charge in [-0.25, -0.2) is 0 Å². The van der Waals surface area contributed by atoms with Gasteiger partial charge in [-0.05, 0) is 0 Å². The van der Waals surface area contributed by atoms with Gasteiger partial charge < -0.3 is 5.21 Å². The molecule has 7 heavy (non-hydrogen) atoms. The molecular formula is C4H11HfNO. The average molecular weight is 268 g/mol. The van der Waals surface area contributed by atoms with E-state index in [2.05, 4.69) is 0 Å². The number of nitrogens with zero attached hydrogens (tertiary/aromatic N) is 1. The maximum Gasteiger partial charge on any atom is 0.0209 e. The van der Waals surface area contributed by atoms with E-state index in [1.165, 1.54) is 5.06 Å². The Kier molecular flexibility index (Phi) is 10.4. The Labute approximate surface area is 63.3 Å². The minimum Gasteiger partial charge on any atom is -0.314 e. The zero-order valence-electron chi connectivity index (χ0n) is 4.81.